The number of aliphatic hydroxyl groups is 1. The lowest BCUT2D eigenvalue weighted by atomic mass is 10.3. The molecule has 0 aromatic carbocycles. The average molecular weight is 147 g/mol. The molecule has 3 heteroatoms. The molecule has 0 aliphatic heterocycles. The van der Waals surface area contributed by atoms with Gasteiger partial charge in [0.05, 0.1) is 12.7 Å². The van der Waals surface area contributed by atoms with Crippen LogP contribution in [0, 0.1) is 0 Å². The van der Waals surface area contributed by atoms with E-state index in [1.807, 2.05) is 6.92 Å². The van der Waals surface area contributed by atoms with Gasteiger partial charge in [-0.1, -0.05) is 6.92 Å². The number of rotatable bonds is 6. The zero-order chi connectivity index (χ0) is 7.82. The molecule has 1 unspecified atom stereocenters. The third-order valence-corrected chi connectivity index (χ3v) is 1.27. The van der Waals surface area contributed by atoms with Crippen molar-refractivity contribution in [3.63, 3.8) is 0 Å². The van der Waals surface area contributed by atoms with Crippen LogP contribution >= 0.6 is 0 Å². The first-order valence-electron chi connectivity index (χ1n) is 3.77. The summed E-state index contributed by atoms with van der Waals surface area (Å²) in [7, 11) is 0. The van der Waals surface area contributed by atoms with Crippen molar-refractivity contribution in [2.24, 2.45) is 5.73 Å². The second kappa shape index (κ2) is 6.99. The Morgan fingerprint density at radius 3 is 2.80 bits per heavy atom. The van der Waals surface area contributed by atoms with Crippen molar-refractivity contribution in [1.82, 2.24) is 0 Å². The highest BCUT2D eigenvalue weighted by Crippen LogP contribution is 1.90. The van der Waals surface area contributed by atoms with Gasteiger partial charge in [-0.3, -0.25) is 0 Å². The van der Waals surface area contributed by atoms with E-state index in [4.69, 9.17) is 15.6 Å². The molecule has 0 radical (unpaired) electrons. The van der Waals surface area contributed by atoms with Crippen LogP contribution in [0.5, 0.6) is 0 Å². The van der Waals surface area contributed by atoms with Crippen molar-refractivity contribution in [3.8, 4) is 0 Å². The Balaban J connectivity index is 2.89. The molecule has 0 amide bonds. The Labute approximate surface area is 62.2 Å². The van der Waals surface area contributed by atoms with Crippen molar-refractivity contribution in [3.05, 3.63) is 0 Å². The van der Waals surface area contributed by atoms with Crippen LogP contribution < -0.4 is 5.73 Å². The van der Waals surface area contributed by atoms with Gasteiger partial charge in [0, 0.05) is 6.61 Å². The van der Waals surface area contributed by atoms with Gasteiger partial charge >= 0.3 is 0 Å². The summed E-state index contributed by atoms with van der Waals surface area (Å²) in [6.45, 7) is 3.68. The Hall–Kier alpha value is -0.120. The molecule has 0 saturated carbocycles. The number of aliphatic hydroxyl groups excluding tert-OH is 1. The lowest BCUT2D eigenvalue weighted by Crippen LogP contribution is -2.15. The Morgan fingerprint density at radius 2 is 2.30 bits per heavy atom. The topological polar surface area (TPSA) is 55.5 Å². The molecule has 10 heavy (non-hydrogen) atoms. The zero-order valence-electron chi connectivity index (χ0n) is 6.55. The first-order valence-corrected chi connectivity index (χ1v) is 3.77. The summed E-state index contributed by atoms with van der Waals surface area (Å²) in [5.74, 6) is 0. The van der Waals surface area contributed by atoms with Gasteiger partial charge in [-0.25, -0.2) is 0 Å². The van der Waals surface area contributed by atoms with E-state index in [1.165, 1.54) is 0 Å². The average Bonchev–Trinajstić information content (AvgIpc) is 1.98. The van der Waals surface area contributed by atoms with Gasteiger partial charge in [0.15, 0.2) is 0 Å². The van der Waals surface area contributed by atoms with E-state index in [-0.39, 0.29) is 6.10 Å². The van der Waals surface area contributed by atoms with Crippen molar-refractivity contribution < 1.29 is 9.84 Å². The van der Waals surface area contributed by atoms with Gasteiger partial charge in [-0.2, -0.15) is 0 Å². The van der Waals surface area contributed by atoms with Crippen LogP contribution in [0.1, 0.15) is 19.8 Å². The molecule has 62 valence electrons. The van der Waals surface area contributed by atoms with E-state index in [9.17, 15) is 0 Å². The van der Waals surface area contributed by atoms with Gasteiger partial charge in [0.25, 0.3) is 0 Å². The highest BCUT2D eigenvalue weighted by molar-refractivity contribution is 4.48. The smallest absolute Gasteiger partial charge is 0.0771 e. The van der Waals surface area contributed by atoms with Crippen LogP contribution in [0.25, 0.3) is 0 Å². The molecule has 0 aliphatic carbocycles. The SMILES string of the molecule is CCC(O)COCCCN. The van der Waals surface area contributed by atoms with E-state index in [1.54, 1.807) is 0 Å². The summed E-state index contributed by atoms with van der Waals surface area (Å²) in [5.41, 5.74) is 5.24. The van der Waals surface area contributed by atoms with Crippen LogP contribution in [-0.2, 0) is 4.74 Å². The van der Waals surface area contributed by atoms with Gasteiger partial charge in [-0.15, -0.1) is 0 Å². The van der Waals surface area contributed by atoms with Crippen molar-refractivity contribution in [2.75, 3.05) is 19.8 Å². The quantitative estimate of drug-likeness (QED) is 0.525. The molecule has 0 aliphatic rings. The predicted molar refractivity (Wildman–Crippen MR) is 40.8 cm³/mol. The van der Waals surface area contributed by atoms with E-state index in [0.29, 0.717) is 19.8 Å². The van der Waals surface area contributed by atoms with Gasteiger partial charge < -0.3 is 15.6 Å². The van der Waals surface area contributed by atoms with E-state index in [2.05, 4.69) is 0 Å². The first-order chi connectivity index (χ1) is 4.81. The number of hydrogen-bond donors (Lipinski definition) is 2. The minimum Gasteiger partial charge on any atom is -0.391 e. The highest BCUT2D eigenvalue weighted by Gasteiger charge is 1.98. The molecule has 0 rings (SSSR count). The number of nitrogens with two attached hydrogens (primary N) is 1. The molecule has 0 fully saturated rings. The number of ether oxygens (including phenoxy) is 1. The van der Waals surface area contributed by atoms with Crippen LogP contribution in [0.2, 0.25) is 0 Å². The van der Waals surface area contributed by atoms with Crippen molar-refractivity contribution >= 4 is 0 Å². The fourth-order valence-corrected chi connectivity index (χ4v) is 0.523. The summed E-state index contributed by atoms with van der Waals surface area (Å²) >= 11 is 0. The normalized spacial score (nSPS) is 13.5. The summed E-state index contributed by atoms with van der Waals surface area (Å²) in [6, 6.07) is 0. The first kappa shape index (κ1) is 9.88. The molecule has 0 heterocycles. The van der Waals surface area contributed by atoms with Crippen molar-refractivity contribution in [2.45, 2.75) is 25.9 Å². The maximum atomic E-state index is 9.00. The maximum absolute atomic E-state index is 9.00. The second-order valence-corrected chi connectivity index (χ2v) is 2.28. The molecule has 1 atom stereocenters. The predicted octanol–water partition coefficient (Wildman–Crippen LogP) is 0.123. The molecule has 0 saturated heterocycles. The van der Waals surface area contributed by atoms with Crippen molar-refractivity contribution in [1.29, 1.82) is 0 Å². The van der Waals surface area contributed by atoms with Gasteiger partial charge in [-0.05, 0) is 19.4 Å². The number of hydrogen-bond acceptors (Lipinski definition) is 3. The van der Waals surface area contributed by atoms with Crippen LogP contribution in [0.4, 0.5) is 0 Å². The molecule has 0 aromatic heterocycles. The molecular weight excluding hydrogens is 130 g/mol. The fourth-order valence-electron chi connectivity index (χ4n) is 0.523. The Morgan fingerprint density at radius 1 is 1.60 bits per heavy atom. The maximum Gasteiger partial charge on any atom is 0.0771 e. The standard InChI is InChI=1S/C7H17NO2/c1-2-7(9)6-10-5-3-4-8/h7,9H,2-6,8H2,1H3. The summed E-state index contributed by atoms with van der Waals surface area (Å²) in [5, 5.41) is 9.00. The van der Waals surface area contributed by atoms with Crippen LogP contribution in [-0.4, -0.2) is 31.0 Å². The van der Waals surface area contributed by atoms with E-state index < -0.39 is 0 Å². The summed E-state index contributed by atoms with van der Waals surface area (Å²) in [6.07, 6.45) is 1.32. The summed E-state index contributed by atoms with van der Waals surface area (Å²) < 4.78 is 5.10. The lowest BCUT2D eigenvalue weighted by molar-refractivity contribution is 0.0347. The van der Waals surface area contributed by atoms with Gasteiger partial charge in [0.1, 0.15) is 0 Å². The van der Waals surface area contributed by atoms with Crippen LogP contribution in [0.3, 0.4) is 0 Å². The van der Waals surface area contributed by atoms with E-state index in [0.717, 1.165) is 12.8 Å². The minimum atomic E-state index is -0.308. The van der Waals surface area contributed by atoms with Gasteiger partial charge in [0.2, 0.25) is 0 Å². The molecule has 3 N–H and O–H groups in total. The monoisotopic (exact) mass is 147 g/mol. The minimum absolute atomic E-state index is 0.308. The summed E-state index contributed by atoms with van der Waals surface area (Å²) in [4.78, 5) is 0. The fraction of sp³-hybridized carbons (Fsp3) is 1.00. The third-order valence-electron chi connectivity index (χ3n) is 1.27. The second-order valence-electron chi connectivity index (χ2n) is 2.28. The Bertz CT molecular complexity index is 68.6. The molecule has 0 aromatic rings. The third kappa shape index (κ3) is 6.01. The van der Waals surface area contributed by atoms with E-state index >= 15 is 0 Å². The molecule has 0 spiro atoms. The van der Waals surface area contributed by atoms with Crippen LogP contribution in [0.15, 0.2) is 0 Å². The highest BCUT2D eigenvalue weighted by atomic mass is 16.5. The lowest BCUT2D eigenvalue weighted by Gasteiger charge is -2.07. The zero-order valence-corrected chi connectivity index (χ0v) is 6.55. The molecule has 0 bridgehead atoms. The molecular formula is C7H17NO2. The Kier molecular flexibility index (Phi) is 6.91. The largest absolute Gasteiger partial charge is 0.391 e. The molecule has 3 nitrogen and oxygen atoms in total.